The molecule has 4 nitrogen and oxygen atoms in total. The maximum atomic E-state index is 5.18. The number of rotatable bonds is 6. The number of nitrogens with zero attached hydrogens (tertiary/aromatic N) is 2. The van der Waals surface area contributed by atoms with Crippen LogP contribution in [-0.2, 0) is 13.0 Å². The zero-order chi connectivity index (χ0) is 13.3. The normalized spacial score (nSPS) is 9.95. The molecular weight excluding hydrogens is 238 g/mol. The summed E-state index contributed by atoms with van der Waals surface area (Å²) in [4.78, 5) is 4.35. The van der Waals surface area contributed by atoms with Crippen molar-refractivity contribution in [1.82, 2.24) is 15.5 Å². The van der Waals surface area contributed by atoms with E-state index in [9.17, 15) is 0 Å². The Labute approximate surface area is 113 Å². The van der Waals surface area contributed by atoms with Gasteiger partial charge < -0.3 is 9.84 Å². The second-order valence-corrected chi connectivity index (χ2v) is 4.12. The molecule has 0 radical (unpaired) electrons. The van der Waals surface area contributed by atoms with Crippen molar-refractivity contribution in [3.05, 3.63) is 47.6 Å². The highest BCUT2D eigenvalue weighted by molar-refractivity contribution is 5.18. The summed E-state index contributed by atoms with van der Waals surface area (Å²) >= 11 is 0. The second-order valence-electron chi connectivity index (χ2n) is 4.12. The van der Waals surface area contributed by atoms with Crippen molar-refractivity contribution < 1.29 is 4.52 Å². The van der Waals surface area contributed by atoms with Gasteiger partial charge in [-0.05, 0) is 12.5 Å². The molecule has 0 aliphatic rings. The molecule has 0 aliphatic heterocycles. The second kappa shape index (κ2) is 7.34. The Kier molecular flexibility index (Phi) is 5.15. The molecule has 0 saturated heterocycles. The third kappa shape index (κ3) is 4.57. The van der Waals surface area contributed by atoms with Crippen LogP contribution in [0.5, 0.6) is 0 Å². The molecule has 1 heterocycles. The molecule has 1 aromatic heterocycles. The molecule has 0 saturated carbocycles. The maximum absolute atomic E-state index is 5.18. The van der Waals surface area contributed by atoms with E-state index in [2.05, 4.69) is 39.4 Å². The van der Waals surface area contributed by atoms with E-state index in [0.29, 0.717) is 18.9 Å². The van der Waals surface area contributed by atoms with E-state index in [1.165, 1.54) is 5.56 Å². The first-order valence-electron chi connectivity index (χ1n) is 6.34. The van der Waals surface area contributed by atoms with Gasteiger partial charge in [-0.2, -0.15) is 4.98 Å². The molecule has 2 rings (SSSR count). The lowest BCUT2D eigenvalue weighted by atomic mass is 10.1. The zero-order valence-corrected chi connectivity index (χ0v) is 11.0. The van der Waals surface area contributed by atoms with Crippen molar-refractivity contribution >= 4 is 0 Å². The van der Waals surface area contributed by atoms with Crippen molar-refractivity contribution in [3.8, 4) is 11.8 Å². The van der Waals surface area contributed by atoms with Crippen molar-refractivity contribution in [2.75, 3.05) is 6.54 Å². The molecule has 0 unspecified atom stereocenters. The molecule has 0 aliphatic carbocycles. The molecule has 4 heteroatoms. The molecule has 0 amide bonds. The molecule has 0 atom stereocenters. The van der Waals surface area contributed by atoms with Crippen LogP contribution in [-0.4, -0.2) is 16.7 Å². The maximum Gasteiger partial charge on any atom is 0.240 e. The summed E-state index contributed by atoms with van der Waals surface area (Å²) in [5, 5.41) is 7.19. The zero-order valence-electron chi connectivity index (χ0n) is 11.0. The molecule has 98 valence electrons. The molecule has 1 N–H and O–H groups in total. The first kappa shape index (κ1) is 13.3. The molecule has 0 bridgehead atoms. The van der Waals surface area contributed by atoms with Crippen molar-refractivity contribution in [3.63, 3.8) is 0 Å². The summed E-state index contributed by atoms with van der Waals surface area (Å²) in [6, 6.07) is 10.1. The quantitative estimate of drug-likeness (QED) is 0.635. The van der Waals surface area contributed by atoms with Gasteiger partial charge in [-0.1, -0.05) is 35.5 Å². The SMILES string of the molecule is CC#CCCNCc1nc(Cc2ccccc2)no1. The van der Waals surface area contributed by atoms with E-state index in [1.807, 2.05) is 25.1 Å². The third-order valence-electron chi connectivity index (χ3n) is 2.59. The van der Waals surface area contributed by atoms with E-state index in [0.717, 1.165) is 18.8 Å². The molecule has 0 spiro atoms. The Bertz CT molecular complexity index is 552. The molecule has 2 aromatic rings. The number of hydrogen-bond acceptors (Lipinski definition) is 4. The molecule has 0 fully saturated rings. The topological polar surface area (TPSA) is 51.0 Å². The highest BCUT2D eigenvalue weighted by Gasteiger charge is 2.06. The van der Waals surface area contributed by atoms with Crippen LogP contribution in [0.1, 0.15) is 30.6 Å². The Balaban J connectivity index is 1.80. The van der Waals surface area contributed by atoms with Gasteiger partial charge in [-0.25, -0.2) is 0 Å². The van der Waals surface area contributed by atoms with Gasteiger partial charge in [-0.15, -0.1) is 11.8 Å². The third-order valence-corrected chi connectivity index (χ3v) is 2.59. The van der Waals surface area contributed by atoms with Crippen LogP contribution in [0, 0.1) is 11.8 Å². The van der Waals surface area contributed by atoms with Gasteiger partial charge in [-0.3, -0.25) is 0 Å². The predicted molar refractivity (Wildman–Crippen MR) is 73.3 cm³/mol. The summed E-state index contributed by atoms with van der Waals surface area (Å²) in [6.45, 7) is 3.26. The summed E-state index contributed by atoms with van der Waals surface area (Å²) in [5.41, 5.74) is 1.18. The fourth-order valence-electron chi connectivity index (χ4n) is 1.68. The van der Waals surface area contributed by atoms with Crippen LogP contribution in [0.4, 0.5) is 0 Å². The number of benzene rings is 1. The summed E-state index contributed by atoms with van der Waals surface area (Å²) < 4.78 is 5.18. The van der Waals surface area contributed by atoms with Gasteiger partial charge in [0, 0.05) is 19.4 Å². The van der Waals surface area contributed by atoms with E-state index >= 15 is 0 Å². The van der Waals surface area contributed by atoms with Crippen molar-refractivity contribution in [2.24, 2.45) is 0 Å². The lowest BCUT2D eigenvalue weighted by Gasteiger charge is -1.96. The highest BCUT2D eigenvalue weighted by atomic mass is 16.5. The van der Waals surface area contributed by atoms with E-state index in [-0.39, 0.29) is 0 Å². The Morgan fingerprint density at radius 1 is 1.26 bits per heavy atom. The number of nitrogens with one attached hydrogen (secondary N) is 1. The largest absolute Gasteiger partial charge is 0.338 e. The molecule has 1 aromatic carbocycles. The lowest BCUT2D eigenvalue weighted by Crippen LogP contribution is -2.14. The average Bonchev–Trinajstić information content (AvgIpc) is 2.87. The van der Waals surface area contributed by atoms with Gasteiger partial charge in [0.15, 0.2) is 5.82 Å². The average molecular weight is 255 g/mol. The van der Waals surface area contributed by atoms with Gasteiger partial charge >= 0.3 is 0 Å². The summed E-state index contributed by atoms with van der Waals surface area (Å²) in [7, 11) is 0. The summed E-state index contributed by atoms with van der Waals surface area (Å²) in [5.74, 6) is 7.19. The Hall–Kier alpha value is -2.12. The standard InChI is InChI=1S/C15H17N3O/c1-2-3-7-10-16-12-15-17-14(18-19-15)11-13-8-5-4-6-9-13/h4-6,8-9,16H,7,10-12H2,1H3. The van der Waals surface area contributed by atoms with Gasteiger partial charge in [0.05, 0.1) is 6.54 Å². The van der Waals surface area contributed by atoms with E-state index in [1.54, 1.807) is 0 Å². The minimum atomic E-state index is 0.590. The van der Waals surface area contributed by atoms with Gasteiger partial charge in [0.1, 0.15) is 0 Å². The van der Waals surface area contributed by atoms with E-state index < -0.39 is 0 Å². The minimum Gasteiger partial charge on any atom is -0.338 e. The molecule has 19 heavy (non-hydrogen) atoms. The van der Waals surface area contributed by atoms with Gasteiger partial charge in [0.2, 0.25) is 5.89 Å². The number of aromatic nitrogens is 2. The van der Waals surface area contributed by atoms with Crippen LogP contribution < -0.4 is 5.32 Å². The van der Waals surface area contributed by atoms with Crippen LogP contribution in [0.2, 0.25) is 0 Å². The summed E-state index contributed by atoms with van der Waals surface area (Å²) in [6.07, 6.45) is 1.53. The van der Waals surface area contributed by atoms with Crippen LogP contribution in [0.25, 0.3) is 0 Å². The Morgan fingerprint density at radius 3 is 2.89 bits per heavy atom. The Morgan fingerprint density at radius 2 is 2.11 bits per heavy atom. The first-order valence-corrected chi connectivity index (χ1v) is 6.34. The lowest BCUT2D eigenvalue weighted by molar-refractivity contribution is 0.364. The van der Waals surface area contributed by atoms with Gasteiger partial charge in [0.25, 0.3) is 0 Å². The highest BCUT2D eigenvalue weighted by Crippen LogP contribution is 2.06. The fourth-order valence-corrected chi connectivity index (χ4v) is 1.68. The van der Waals surface area contributed by atoms with Crippen molar-refractivity contribution in [1.29, 1.82) is 0 Å². The minimum absolute atomic E-state index is 0.590. The molecular formula is C15H17N3O. The van der Waals surface area contributed by atoms with Crippen LogP contribution in [0.15, 0.2) is 34.9 Å². The monoisotopic (exact) mass is 255 g/mol. The first-order chi connectivity index (χ1) is 9.38. The van der Waals surface area contributed by atoms with E-state index in [4.69, 9.17) is 4.52 Å². The predicted octanol–water partition coefficient (Wildman–Crippen LogP) is 2.16. The fraction of sp³-hybridized carbons (Fsp3) is 0.333. The number of hydrogen-bond donors (Lipinski definition) is 1. The van der Waals surface area contributed by atoms with Crippen molar-refractivity contribution in [2.45, 2.75) is 26.3 Å². The smallest absolute Gasteiger partial charge is 0.240 e. The van der Waals surface area contributed by atoms with Crippen LogP contribution in [0.3, 0.4) is 0 Å². The van der Waals surface area contributed by atoms with Crippen LogP contribution >= 0.6 is 0 Å².